The van der Waals surface area contributed by atoms with Crippen LogP contribution in [0.5, 0.6) is 0 Å². The van der Waals surface area contributed by atoms with Crippen molar-refractivity contribution in [3.8, 4) is 11.8 Å². The van der Waals surface area contributed by atoms with E-state index in [0.717, 1.165) is 28.0 Å². The Hall–Kier alpha value is -2.50. The Morgan fingerprint density at radius 1 is 1.14 bits per heavy atom. The predicted octanol–water partition coefficient (Wildman–Crippen LogP) is 4.67. The minimum Gasteiger partial charge on any atom is -0.313 e. The Morgan fingerprint density at radius 3 is 2.59 bits per heavy atom. The van der Waals surface area contributed by atoms with Gasteiger partial charge in [-0.15, -0.1) is 0 Å². The summed E-state index contributed by atoms with van der Waals surface area (Å²) in [5.41, 5.74) is 4.01. The number of benzene rings is 2. The first-order valence-electron chi connectivity index (χ1n) is 7.01. The van der Waals surface area contributed by atoms with Gasteiger partial charge in [-0.2, -0.15) is 0 Å². The third kappa shape index (κ3) is 3.05. The van der Waals surface area contributed by atoms with Crippen LogP contribution < -0.4 is 0 Å². The van der Waals surface area contributed by atoms with Gasteiger partial charge in [0.05, 0.1) is 11.0 Å². The molecule has 2 nitrogen and oxygen atoms in total. The summed E-state index contributed by atoms with van der Waals surface area (Å²) >= 11 is 5.89. The summed E-state index contributed by atoms with van der Waals surface area (Å²) in [5, 5.41) is 0.708. The summed E-state index contributed by atoms with van der Waals surface area (Å²) < 4.78 is 2.10. The summed E-state index contributed by atoms with van der Waals surface area (Å²) in [6.07, 6.45) is 0. The van der Waals surface area contributed by atoms with E-state index in [2.05, 4.69) is 34.0 Å². The molecule has 0 N–H and O–H groups in total. The fourth-order valence-corrected chi connectivity index (χ4v) is 2.39. The number of rotatable bonds is 2. The molecule has 1 heterocycles. The number of para-hydroxylation sites is 2. The lowest BCUT2D eigenvalue weighted by Crippen LogP contribution is -2.01. The van der Waals surface area contributed by atoms with Gasteiger partial charge in [0, 0.05) is 17.1 Å². The van der Waals surface area contributed by atoms with E-state index in [1.807, 2.05) is 49.4 Å². The third-order valence-corrected chi connectivity index (χ3v) is 3.50. The Balaban J connectivity index is 2.06. The molecular weight excluding hydrogens is 292 g/mol. The van der Waals surface area contributed by atoms with Gasteiger partial charge in [-0.05, 0) is 49.2 Å². The number of imidazole rings is 1. The monoisotopic (exact) mass is 306 g/mol. The molecule has 2 aromatic carbocycles. The zero-order valence-electron chi connectivity index (χ0n) is 12.3. The summed E-state index contributed by atoms with van der Waals surface area (Å²) in [4.78, 5) is 4.62. The minimum atomic E-state index is 0.708. The molecule has 0 aliphatic carbocycles. The normalized spacial score (nSPS) is 10.3. The highest BCUT2D eigenvalue weighted by atomic mass is 35.5. The molecule has 3 aromatic rings. The van der Waals surface area contributed by atoms with Crippen molar-refractivity contribution in [1.82, 2.24) is 9.55 Å². The van der Waals surface area contributed by atoms with E-state index < -0.39 is 0 Å². The van der Waals surface area contributed by atoms with Crippen LogP contribution in [-0.4, -0.2) is 9.55 Å². The largest absolute Gasteiger partial charge is 0.313 e. The molecule has 0 radical (unpaired) electrons. The van der Waals surface area contributed by atoms with Gasteiger partial charge in [0.1, 0.15) is 0 Å². The van der Waals surface area contributed by atoms with E-state index in [-0.39, 0.29) is 0 Å². The van der Waals surface area contributed by atoms with Gasteiger partial charge < -0.3 is 4.57 Å². The summed E-state index contributed by atoms with van der Waals surface area (Å²) in [5.74, 6) is 7.05. The number of hydrogen-bond donors (Lipinski definition) is 0. The standard InChI is InChI=1S/C19H15ClN2/c1-14(2)13-22-18-6-4-3-5-17(18)21-19(22)12-9-15-7-10-16(20)11-8-15/h3-8,10-11H,1,13H2,2H3. The molecule has 0 amide bonds. The molecule has 0 fully saturated rings. The van der Waals surface area contributed by atoms with Crippen LogP contribution in [0.1, 0.15) is 18.3 Å². The molecule has 1 aromatic heterocycles. The van der Waals surface area contributed by atoms with Crippen LogP contribution in [0.2, 0.25) is 5.02 Å². The SMILES string of the molecule is C=C(C)Cn1c(C#Cc2ccc(Cl)cc2)nc2ccccc21. The lowest BCUT2D eigenvalue weighted by atomic mass is 10.2. The first kappa shape index (κ1) is 14.4. The molecule has 0 spiro atoms. The lowest BCUT2D eigenvalue weighted by Gasteiger charge is -2.05. The molecule has 0 aliphatic heterocycles. The van der Waals surface area contributed by atoms with E-state index in [0.29, 0.717) is 11.6 Å². The number of hydrogen-bond acceptors (Lipinski definition) is 1. The van der Waals surface area contributed by atoms with E-state index in [9.17, 15) is 0 Å². The Kier molecular flexibility index (Phi) is 4.00. The van der Waals surface area contributed by atoms with Crippen LogP contribution in [0, 0.1) is 11.8 Å². The Labute approximate surface area is 135 Å². The molecular formula is C19H15ClN2. The molecule has 108 valence electrons. The van der Waals surface area contributed by atoms with Crippen molar-refractivity contribution in [3.63, 3.8) is 0 Å². The van der Waals surface area contributed by atoms with Gasteiger partial charge in [0.2, 0.25) is 0 Å². The van der Waals surface area contributed by atoms with Gasteiger partial charge in [0.25, 0.3) is 0 Å². The number of aromatic nitrogens is 2. The van der Waals surface area contributed by atoms with Crippen molar-refractivity contribution in [1.29, 1.82) is 0 Å². The van der Waals surface area contributed by atoms with Gasteiger partial charge in [-0.3, -0.25) is 0 Å². The first-order chi connectivity index (χ1) is 10.6. The van der Waals surface area contributed by atoms with Crippen molar-refractivity contribution < 1.29 is 0 Å². The fraction of sp³-hybridized carbons (Fsp3) is 0.105. The highest BCUT2D eigenvalue weighted by molar-refractivity contribution is 6.30. The summed E-state index contributed by atoms with van der Waals surface area (Å²) in [7, 11) is 0. The zero-order valence-corrected chi connectivity index (χ0v) is 13.1. The van der Waals surface area contributed by atoms with Crippen LogP contribution in [0.25, 0.3) is 11.0 Å². The molecule has 0 aliphatic rings. The molecule has 0 unspecified atom stereocenters. The first-order valence-corrected chi connectivity index (χ1v) is 7.38. The molecule has 0 atom stereocenters. The second-order valence-corrected chi connectivity index (χ2v) is 5.66. The van der Waals surface area contributed by atoms with Crippen LogP contribution >= 0.6 is 11.6 Å². The fourth-order valence-electron chi connectivity index (χ4n) is 2.26. The smallest absolute Gasteiger partial charge is 0.187 e. The highest BCUT2D eigenvalue weighted by Gasteiger charge is 2.08. The van der Waals surface area contributed by atoms with E-state index in [1.165, 1.54) is 0 Å². The quantitative estimate of drug-likeness (QED) is 0.497. The number of fused-ring (bicyclic) bond motifs is 1. The maximum Gasteiger partial charge on any atom is 0.187 e. The minimum absolute atomic E-state index is 0.708. The second-order valence-electron chi connectivity index (χ2n) is 5.22. The maximum atomic E-state index is 5.89. The average Bonchev–Trinajstić information content (AvgIpc) is 2.84. The Bertz CT molecular complexity index is 893. The van der Waals surface area contributed by atoms with Gasteiger partial charge in [0.15, 0.2) is 5.82 Å². The van der Waals surface area contributed by atoms with Crippen LogP contribution in [0.3, 0.4) is 0 Å². The van der Waals surface area contributed by atoms with Crippen molar-refractivity contribution >= 4 is 22.6 Å². The topological polar surface area (TPSA) is 17.8 Å². The summed E-state index contributed by atoms with van der Waals surface area (Å²) in [6.45, 7) is 6.71. The van der Waals surface area contributed by atoms with Crippen LogP contribution in [0.4, 0.5) is 0 Å². The van der Waals surface area contributed by atoms with E-state index in [1.54, 1.807) is 0 Å². The molecule has 0 saturated carbocycles. The third-order valence-electron chi connectivity index (χ3n) is 3.25. The van der Waals surface area contributed by atoms with E-state index >= 15 is 0 Å². The molecule has 3 heteroatoms. The average molecular weight is 307 g/mol. The van der Waals surface area contributed by atoms with Crippen LogP contribution in [0.15, 0.2) is 60.7 Å². The van der Waals surface area contributed by atoms with Crippen molar-refractivity contribution in [2.75, 3.05) is 0 Å². The molecule has 22 heavy (non-hydrogen) atoms. The summed E-state index contributed by atoms with van der Waals surface area (Å²) in [6, 6.07) is 15.5. The van der Waals surface area contributed by atoms with Gasteiger partial charge >= 0.3 is 0 Å². The van der Waals surface area contributed by atoms with E-state index in [4.69, 9.17) is 11.6 Å². The molecule has 0 bridgehead atoms. The van der Waals surface area contributed by atoms with Crippen molar-refractivity contribution in [2.24, 2.45) is 0 Å². The van der Waals surface area contributed by atoms with Crippen LogP contribution in [-0.2, 0) is 6.54 Å². The highest BCUT2D eigenvalue weighted by Crippen LogP contribution is 2.17. The van der Waals surface area contributed by atoms with Crippen molar-refractivity contribution in [2.45, 2.75) is 13.5 Å². The Morgan fingerprint density at radius 2 is 1.86 bits per heavy atom. The van der Waals surface area contributed by atoms with Gasteiger partial charge in [-0.1, -0.05) is 41.8 Å². The number of nitrogens with zero attached hydrogens (tertiary/aromatic N) is 2. The van der Waals surface area contributed by atoms with Crippen molar-refractivity contribution in [3.05, 3.63) is 77.1 Å². The molecule has 0 saturated heterocycles. The number of halogens is 1. The van der Waals surface area contributed by atoms with Gasteiger partial charge in [-0.25, -0.2) is 4.98 Å². The second kappa shape index (κ2) is 6.09. The maximum absolute atomic E-state index is 5.89. The predicted molar refractivity (Wildman–Crippen MR) is 92.0 cm³/mol. The molecule has 3 rings (SSSR count). The lowest BCUT2D eigenvalue weighted by molar-refractivity contribution is 0.798. The number of allylic oxidation sites excluding steroid dienone is 1. The zero-order chi connectivity index (χ0) is 15.5.